The number of nitrogens with zero attached hydrogens (tertiary/aromatic N) is 5. The number of hydrogen-bond donors (Lipinski definition) is 3. The molecule has 3 aromatic rings. The van der Waals surface area contributed by atoms with Gasteiger partial charge in [-0.25, -0.2) is 19.7 Å². The number of fused-ring (bicyclic) bond motifs is 2. The number of aromatic nitrogens is 4. The molecule has 0 saturated carbocycles. The van der Waals surface area contributed by atoms with Crippen molar-refractivity contribution < 1.29 is 19.0 Å². The number of carbonyl (C=O) groups excluding carboxylic acids is 1. The van der Waals surface area contributed by atoms with Crippen LogP contribution in [0.1, 0.15) is 46.4 Å². The summed E-state index contributed by atoms with van der Waals surface area (Å²) in [4.78, 5) is 27.3. The van der Waals surface area contributed by atoms with Gasteiger partial charge in [-0.1, -0.05) is 32.9 Å². The second-order valence-electron chi connectivity index (χ2n) is 11.7. The SMILES string of the molecule is CN(CCNC(=O)Nc1ccc(C(C)(C)C)cc1)CC1OC(n2cnc3c(N)ncnc32)C2OC(C)(C)OC12. The van der Waals surface area contributed by atoms with Crippen LogP contribution >= 0.6 is 0 Å². The Bertz CT molecular complexity index is 1320. The summed E-state index contributed by atoms with van der Waals surface area (Å²) < 4.78 is 20.8. The summed E-state index contributed by atoms with van der Waals surface area (Å²) in [7, 11) is 1.98. The van der Waals surface area contributed by atoms with Gasteiger partial charge in [0.2, 0.25) is 0 Å². The molecule has 2 aromatic heterocycles. The van der Waals surface area contributed by atoms with Crippen LogP contribution in [0.5, 0.6) is 0 Å². The number of nitrogen functional groups attached to an aromatic ring is 1. The maximum atomic E-state index is 12.4. The molecular formula is C27H38N8O4. The molecule has 5 rings (SSSR count). The van der Waals surface area contributed by atoms with E-state index >= 15 is 0 Å². The molecule has 39 heavy (non-hydrogen) atoms. The number of hydrogen-bond acceptors (Lipinski definition) is 9. The molecule has 12 heteroatoms. The Kier molecular flexibility index (Phi) is 7.23. The first kappa shape index (κ1) is 27.3. The number of nitrogens with two attached hydrogens (primary N) is 1. The van der Waals surface area contributed by atoms with Crippen molar-refractivity contribution in [3.8, 4) is 0 Å². The lowest BCUT2D eigenvalue weighted by Crippen LogP contribution is -2.41. The van der Waals surface area contributed by atoms with E-state index in [1.54, 1.807) is 6.33 Å². The Morgan fingerprint density at radius 1 is 1.13 bits per heavy atom. The molecule has 0 radical (unpaired) electrons. The van der Waals surface area contributed by atoms with E-state index in [0.717, 1.165) is 5.69 Å². The van der Waals surface area contributed by atoms with E-state index in [2.05, 4.69) is 51.3 Å². The van der Waals surface area contributed by atoms with Crippen LogP contribution in [0.2, 0.25) is 0 Å². The van der Waals surface area contributed by atoms with Gasteiger partial charge in [0.1, 0.15) is 30.2 Å². The molecule has 2 amide bonds. The highest BCUT2D eigenvalue weighted by Gasteiger charge is 2.56. The Morgan fingerprint density at radius 2 is 1.85 bits per heavy atom. The van der Waals surface area contributed by atoms with Crippen molar-refractivity contribution in [2.45, 2.75) is 70.4 Å². The summed E-state index contributed by atoms with van der Waals surface area (Å²) in [5.41, 5.74) is 9.11. The van der Waals surface area contributed by atoms with E-state index in [1.807, 2.05) is 49.7 Å². The molecule has 2 aliphatic heterocycles. The first-order valence-electron chi connectivity index (χ1n) is 13.2. The van der Waals surface area contributed by atoms with E-state index in [4.69, 9.17) is 19.9 Å². The fraction of sp³-hybridized carbons (Fsp3) is 0.556. The average Bonchev–Trinajstić information content (AvgIpc) is 3.51. The lowest BCUT2D eigenvalue weighted by Gasteiger charge is -2.27. The fourth-order valence-corrected chi connectivity index (χ4v) is 5.07. The highest BCUT2D eigenvalue weighted by atomic mass is 16.8. The number of carbonyl (C=O) groups is 1. The smallest absolute Gasteiger partial charge is 0.319 e. The van der Waals surface area contributed by atoms with E-state index in [9.17, 15) is 4.79 Å². The molecule has 2 fully saturated rings. The maximum absolute atomic E-state index is 12.4. The number of amides is 2. The summed E-state index contributed by atoms with van der Waals surface area (Å²) in [5, 5.41) is 5.81. The zero-order valence-corrected chi connectivity index (χ0v) is 23.3. The molecular weight excluding hydrogens is 500 g/mol. The van der Waals surface area contributed by atoms with Gasteiger partial charge in [0.05, 0.1) is 6.33 Å². The highest BCUT2D eigenvalue weighted by molar-refractivity contribution is 5.89. The van der Waals surface area contributed by atoms with Crippen LogP contribution in [0.25, 0.3) is 11.2 Å². The molecule has 4 atom stereocenters. The zero-order chi connectivity index (χ0) is 27.9. The van der Waals surface area contributed by atoms with Gasteiger partial charge in [0.15, 0.2) is 23.5 Å². The number of urea groups is 1. The molecule has 0 aliphatic carbocycles. The number of ether oxygens (including phenoxy) is 3. The van der Waals surface area contributed by atoms with Crippen molar-refractivity contribution >= 4 is 28.7 Å². The Balaban J connectivity index is 1.16. The van der Waals surface area contributed by atoms with Crippen LogP contribution in [0, 0.1) is 0 Å². The standard InChI is InChI=1S/C27H38N8O4/c1-26(2,3)16-7-9-17(10-8-16)33-25(36)29-11-12-34(6)13-18-20-21(39-27(4,5)38-20)24(37-18)35-15-32-19-22(28)30-14-31-23(19)35/h7-10,14-15,18,20-21,24H,11-13H2,1-6H3,(H2,28,30,31)(H2,29,33,36). The van der Waals surface area contributed by atoms with Crippen molar-refractivity contribution in [2.75, 3.05) is 37.7 Å². The minimum absolute atomic E-state index is 0.0643. The summed E-state index contributed by atoms with van der Waals surface area (Å²) in [6.07, 6.45) is 1.68. The molecule has 0 bridgehead atoms. The van der Waals surface area contributed by atoms with Crippen LogP contribution in [0.4, 0.5) is 16.3 Å². The van der Waals surface area contributed by atoms with Crippen molar-refractivity contribution in [3.63, 3.8) is 0 Å². The molecule has 1 aromatic carbocycles. The third-order valence-corrected chi connectivity index (χ3v) is 7.07. The number of imidazole rings is 1. The predicted octanol–water partition coefficient (Wildman–Crippen LogP) is 2.88. The minimum Gasteiger partial charge on any atom is -0.382 e. The topological polar surface area (TPSA) is 142 Å². The maximum Gasteiger partial charge on any atom is 0.319 e. The van der Waals surface area contributed by atoms with Crippen molar-refractivity contribution in [3.05, 3.63) is 42.5 Å². The predicted molar refractivity (Wildman–Crippen MR) is 147 cm³/mol. The van der Waals surface area contributed by atoms with Crippen molar-refractivity contribution in [1.82, 2.24) is 29.7 Å². The Hall–Kier alpha value is -3.32. The van der Waals surface area contributed by atoms with Gasteiger partial charge in [-0.3, -0.25) is 4.57 Å². The van der Waals surface area contributed by atoms with Gasteiger partial charge in [-0.05, 0) is 44.0 Å². The van der Waals surface area contributed by atoms with E-state index in [0.29, 0.717) is 36.6 Å². The van der Waals surface area contributed by atoms with Crippen LogP contribution in [0.3, 0.4) is 0 Å². The fourth-order valence-electron chi connectivity index (χ4n) is 5.07. The average molecular weight is 539 g/mol. The monoisotopic (exact) mass is 538 g/mol. The van der Waals surface area contributed by atoms with Crippen LogP contribution in [-0.2, 0) is 19.6 Å². The van der Waals surface area contributed by atoms with Crippen molar-refractivity contribution in [2.24, 2.45) is 0 Å². The van der Waals surface area contributed by atoms with Gasteiger partial charge in [-0.2, -0.15) is 0 Å². The third kappa shape index (κ3) is 5.83. The van der Waals surface area contributed by atoms with Gasteiger partial charge in [-0.15, -0.1) is 0 Å². The summed E-state index contributed by atoms with van der Waals surface area (Å²) in [6.45, 7) is 12.0. The van der Waals surface area contributed by atoms with Crippen LogP contribution in [-0.4, -0.2) is 81.2 Å². The molecule has 210 valence electrons. The molecule has 2 saturated heterocycles. The quantitative estimate of drug-likeness (QED) is 0.414. The number of likely N-dealkylation sites (N-methyl/N-ethyl adjacent to an activating group) is 1. The van der Waals surface area contributed by atoms with Crippen molar-refractivity contribution in [1.29, 1.82) is 0 Å². The molecule has 2 aliphatic rings. The van der Waals surface area contributed by atoms with E-state index in [1.165, 1.54) is 11.9 Å². The summed E-state index contributed by atoms with van der Waals surface area (Å²) >= 11 is 0. The first-order valence-corrected chi connectivity index (χ1v) is 13.2. The number of nitrogens with one attached hydrogen (secondary N) is 2. The van der Waals surface area contributed by atoms with Gasteiger partial charge in [0, 0.05) is 25.3 Å². The lowest BCUT2D eigenvalue weighted by atomic mass is 9.87. The van der Waals surface area contributed by atoms with Crippen LogP contribution in [0.15, 0.2) is 36.9 Å². The molecule has 4 unspecified atom stereocenters. The van der Waals surface area contributed by atoms with Gasteiger partial charge >= 0.3 is 6.03 Å². The largest absolute Gasteiger partial charge is 0.382 e. The third-order valence-electron chi connectivity index (χ3n) is 7.07. The normalized spacial score (nSPS) is 24.3. The second kappa shape index (κ2) is 10.3. The summed E-state index contributed by atoms with van der Waals surface area (Å²) in [6, 6.07) is 7.68. The molecule has 12 nitrogen and oxygen atoms in total. The Morgan fingerprint density at radius 3 is 2.56 bits per heavy atom. The first-order chi connectivity index (χ1) is 18.4. The van der Waals surface area contributed by atoms with E-state index in [-0.39, 0.29) is 29.8 Å². The van der Waals surface area contributed by atoms with Gasteiger partial charge in [0.25, 0.3) is 0 Å². The highest BCUT2D eigenvalue weighted by Crippen LogP contribution is 2.44. The molecule has 4 heterocycles. The van der Waals surface area contributed by atoms with Crippen LogP contribution < -0.4 is 16.4 Å². The number of anilines is 2. The zero-order valence-electron chi connectivity index (χ0n) is 23.3. The number of benzene rings is 1. The molecule has 4 N–H and O–H groups in total. The van der Waals surface area contributed by atoms with E-state index < -0.39 is 12.0 Å². The number of rotatable bonds is 7. The Labute approximate surface area is 228 Å². The lowest BCUT2D eigenvalue weighted by molar-refractivity contribution is -0.197. The minimum atomic E-state index is -0.747. The molecule has 0 spiro atoms. The summed E-state index contributed by atoms with van der Waals surface area (Å²) in [5.74, 6) is -0.435. The van der Waals surface area contributed by atoms with Gasteiger partial charge < -0.3 is 35.5 Å². The second-order valence-corrected chi connectivity index (χ2v) is 11.7.